The summed E-state index contributed by atoms with van der Waals surface area (Å²) >= 11 is 0. The van der Waals surface area contributed by atoms with E-state index >= 15 is 0 Å². The number of carboxylic acids is 1. The molecule has 6 nitrogen and oxygen atoms in total. The maximum atomic E-state index is 13.3. The Morgan fingerprint density at radius 1 is 1.14 bits per heavy atom. The monoisotopic (exact) mass is 387 g/mol. The lowest BCUT2D eigenvalue weighted by atomic mass is 9.82. The van der Waals surface area contributed by atoms with E-state index in [-0.39, 0.29) is 29.2 Å². The van der Waals surface area contributed by atoms with E-state index in [9.17, 15) is 14.7 Å². The molecule has 0 aromatic carbocycles. The van der Waals surface area contributed by atoms with Gasteiger partial charge in [0.1, 0.15) is 5.56 Å². The van der Waals surface area contributed by atoms with Crippen molar-refractivity contribution in [3.05, 3.63) is 17.8 Å². The Labute approximate surface area is 167 Å². The summed E-state index contributed by atoms with van der Waals surface area (Å²) < 4.78 is 1.68. The molecule has 1 atom stereocenters. The number of hydrogen-bond acceptors (Lipinski definition) is 3. The number of carboxylic acid groups (broad SMARTS) is 1. The molecule has 0 saturated heterocycles. The van der Waals surface area contributed by atoms with Crippen LogP contribution in [0.4, 0.5) is 5.82 Å². The molecule has 1 amide bonds. The largest absolute Gasteiger partial charge is 0.477 e. The second-order valence-electron chi connectivity index (χ2n) is 8.95. The predicted molar refractivity (Wildman–Crippen MR) is 110 cm³/mol. The number of aromatic nitrogens is 2. The van der Waals surface area contributed by atoms with E-state index in [0.717, 1.165) is 50.6 Å². The normalized spacial score (nSPS) is 25.5. The van der Waals surface area contributed by atoms with Gasteiger partial charge in [0.25, 0.3) is 0 Å². The molecule has 0 spiro atoms. The van der Waals surface area contributed by atoms with Crippen LogP contribution in [0.15, 0.2) is 12.3 Å². The van der Waals surface area contributed by atoms with Gasteiger partial charge in [0.15, 0.2) is 5.82 Å². The fourth-order valence-corrected chi connectivity index (χ4v) is 4.31. The number of carbonyl (C=O) groups is 2. The molecule has 0 radical (unpaired) electrons. The summed E-state index contributed by atoms with van der Waals surface area (Å²) in [4.78, 5) is 26.9. The van der Waals surface area contributed by atoms with Crippen molar-refractivity contribution >= 4 is 23.4 Å². The molecule has 1 N–H and O–H groups in total. The van der Waals surface area contributed by atoms with Gasteiger partial charge in [0, 0.05) is 23.9 Å². The van der Waals surface area contributed by atoms with Gasteiger partial charge in [0.2, 0.25) is 5.91 Å². The molecule has 3 rings (SSSR count). The third-order valence-electron chi connectivity index (χ3n) is 6.22. The van der Waals surface area contributed by atoms with Crippen molar-refractivity contribution in [2.75, 3.05) is 4.90 Å². The first kappa shape index (κ1) is 20.6. The van der Waals surface area contributed by atoms with Crippen molar-refractivity contribution in [2.45, 2.75) is 78.7 Å². The average molecular weight is 388 g/mol. The molecule has 2 aliphatic rings. The lowest BCUT2D eigenvalue weighted by Gasteiger charge is -2.32. The first-order valence-electron chi connectivity index (χ1n) is 10.6. The average Bonchev–Trinajstić information content (AvgIpc) is 3.07. The van der Waals surface area contributed by atoms with Crippen molar-refractivity contribution < 1.29 is 14.7 Å². The number of allylic oxidation sites excluding steroid dienone is 2. The summed E-state index contributed by atoms with van der Waals surface area (Å²) in [5, 5.41) is 14.4. The smallest absolute Gasteiger partial charge is 0.341 e. The van der Waals surface area contributed by atoms with Crippen LogP contribution in [0.5, 0.6) is 0 Å². The van der Waals surface area contributed by atoms with Gasteiger partial charge in [-0.25, -0.2) is 9.48 Å². The summed E-state index contributed by atoms with van der Waals surface area (Å²) in [6, 6.07) is -0.145. The van der Waals surface area contributed by atoms with Crippen LogP contribution in [0.2, 0.25) is 0 Å². The molecule has 6 heteroatoms. The van der Waals surface area contributed by atoms with Crippen molar-refractivity contribution in [3.63, 3.8) is 0 Å². The lowest BCUT2D eigenvalue weighted by molar-refractivity contribution is -0.123. The van der Waals surface area contributed by atoms with Crippen molar-refractivity contribution in [2.24, 2.45) is 17.8 Å². The standard InChI is InChI=1S/C22H33N3O3/c1-14(2)25(21(26)17-9-5-15(3)6-10-17)20-19(22(27)28)13-24(23-20)18-11-7-16(4)8-12-18/h11,13-17H,5-10,12H2,1-4H3,(H,27,28)/t15-,16?,17-. The van der Waals surface area contributed by atoms with E-state index in [2.05, 4.69) is 25.0 Å². The molecule has 1 aromatic rings. The lowest BCUT2D eigenvalue weighted by Crippen LogP contribution is -2.43. The van der Waals surface area contributed by atoms with Crippen molar-refractivity contribution in [3.8, 4) is 0 Å². The number of carbonyl (C=O) groups excluding carboxylic acids is 1. The molecule has 2 aliphatic carbocycles. The molecule has 0 aliphatic heterocycles. The third kappa shape index (κ3) is 4.31. The molecule has 1 fully saturated rings. The Balaban J connectivity index is 1.93. The van der Waals surface area contributed by atoms with E-state index in [1.807, 2.05) is 13.8 Å². The highest BCUT2D eigenvalue weighted by molar-refractivity contribution is 6.01. The van der Waals surface area contributed by atoms with E-state index in [0.29, 0.717) is 11.8 Å². The first-order valence-corrected chi connectivity index (χ1v) is 10.6. The summed E-state index contributed by atoms with van der Waals surface area (Å²) in [5.41, 5.74) is 1.13. The van der Waals surface area contributed by atoms with Crippen LogP contribution >= 0.6 is 0 Å². The van der Waals surface area contributed by atoms with Crippen LogP contribution in [0, 0.1) is 17.8 Å². The quantitative estimate of drug-likeness (QED) is 0.787. The van der Waals surface area contributed by atoms with Gasteiger partial charge in [-0.05, 0) is 70.6 Å². The maximum Gasteiger partial charge on any atom is 0.341 e. The van der Waals surface area contributed by atoms with Gasteiger partial charge in [-0.2, -0.15) is 0 Å². The zero-order valence-corrected chi connectivity index (χ0v) is 17.5. The fourth-order valence-electron chi connectivity index (χ4n) is 4.31. The fraction of sp³-hybridized carbons (Fsp3) is 0.682. The Morgan fingerprint density at radius 3 is 2.36 bits per heavy atom. The van der Waals surface area contributed by atoms with Crippen LogP contribution in [-0.4, -0.2) is 32.8 Å². The van der Waals surface area contributed by atoms with Gasteiger partial charge in [0.05, 0.1) is 0 Å². The topological polar surface area (TPSA) is 75.4 Å². The summed E-state index contributed by atoms with van der Waals surface area (Å²) in [6.45, 7) is 8.30. The zero-order chi connectivity index (χ0) is 20.4. The minimum absolute atomic E-state index is 0.0147. The van der Waals surface area contributed by atoms with Crippen molar-refractivity contribution in [1.82, 2.24) is 9.78 Å². The minimum atomic E-state index is -1.04. The van der Waals surface area contributed by atoms with Crippen LogP contribution in [0.25, 0.3) is 5.70 Å². The molecule has 1 heterocycles. The number of anilines is 1. The van der Waals surface area contributed by atoms with Gasteiger partial charge in [-0.15, -0.1) is 5.10 Å². The Bertz CT molecular complexity index is 757. The summed E-state index contributed by atoms with van der Waals surface area (Å²) in [7, 11) is 0. The number of amides is 1. The van der Waals surface area contributed by atoms with Crippen molar-refractivity contribution in [1.29, 1.82) is 0 Å². The molecule has 28 heavy (non-hydrogen) atoms. The van der Waals surface area contributed by atoms with E-state index in [1.165, 1.54) is 0 Å². The van der Waals surface area contributed by atoms with E-state index in [1.54, 1.807) is 15.8 Å². The second-order valence-corrected chi connectivity index (χ2v) is 8.95. The highest BCUT2D eigenvalue weighted by Crippen LogP contribution is 2.33. The highest BCUT2D eigenvalue weighted by Gasteiger charge is 2.34. The first-order chi connectivity index (χ1) is 13.3. The summed E-state index contributed by atoms with van der Waals surface area (Å²) in [5.74, 6) is 0.513. The zero-order valence-electron chi connectivity index (χ0n) is 17.5. The predicted octanol–water partition coefficient (Wildman–Crippen LogP) is 4.81. The number of aromatic carboxylic acids is 1. The van der Waals surface area contributed by atoms with E-state index < -0.39 is 5.97 Å². The second kappa shape index (κ2) is 8.50. The maximum absolute atomic E-state index is 13.3. The van der Waals surface area contributed by atoms with Crippen LogP contribution < -0.4 is 4.90 Å². The summed E-state index contributed by atoms with van der Waals surface area (Å²) in [6.07, 6.45) is 10.5. The van der Waals surface area contributed by atoms with Crippen LogP contribution in [0.1, 0.15) is 83.0 Å². The Hall–Kier alpha value is -2.11. The molecular formula is C22H33N3O3. The molecule has 1 saturated carbocycles. The SMILES string of the molecule is CC1CC=C(n2cc(C(=O)O)c(N(C(=O)[C@H]3CC[C@H](C)CC3)C(C)C)n2)CC1. The molecule has 1 aromatic heterocycles. The van der Waals surface area contributed by atoms with E-state index in [4.69, 9.17) is 0 Å². The number of nitrogens with zero attached hydrogens (tertiary/aromatic N) is 3. The Morgan fingerprint density at radius 2 is 1.82 bits per heavy atom. The van der Waals surface area contributed by atoms with Gasteiger partial charge < -0.3 is 5.11 Å². The highest BCUT2D eigenvalue weighted by atomic mass is 16.4. The van der Waals surface area contributed by atoms with Crippen LogP contribution in [-0.2, 0) is 4.79 Å². The minimum Gasteiger partial charge on any atom is -0.477 e. The van der Waals surface area contributed by atoms with Crippen LogP contribution in [0.3, 0.4) is 0 Å². The van der Waals surface area contributed by atoms with Gasteiger partial charge in [-0.3, -0.25) is 9.69 Å². The van der Waals surface area contributed by atoms with Gasteiger partial charge >= 0.3 is 5.97 Å². The number of hydrogen-bond donors (Lipinski definition) is 1. The van der Waals surface area contributed by atoms with Gasteiger partial charge in [-0.1, -0.05) is 19.9 Å². The molecule has 0 bridgehead atoms. The Kier molecular flexibility index (Phi) is 6.26. The molecule has 1 unspecified atom stereocenters. The molecule has 154 valence electrons. The third-order valence-corrected chi connectivity index (χ3v) is 6.22. The molecular weight excluding hydrogens is 354 g/mol. The number of rotatable bonds is 5.